The number of aliphatic hydroxyl groups is 1. The number of ether oxygens (including phenoxy) is 2. The number of carboxylic acids is 1. The van der Waals surface area contributed by atoms with Gasteiger partial charge in [-0.1, -0.05) is 24.3 Å². The predicted molar refractivity (Wildman–Crippen MR) is 131 cm³/mol. The highest BCUT2D eigenvalue weighted by atomic mass is 16.5. The van der Waals surface area contributed by atoms with Crippen molar-refractivity contribution in [2.45, 2.75) is 24.9 Å². The van der Waals surface area contributed by atoms with Gasteiger partial charge in [0.05, 0.1) is 20.8 Å². The Morgan fingerprint density at radius 2 is 1.68 bits per heavy atom. The number of rotatable bonds is 7. The summed E-state index contributed by atoms with van der Waals surface area (Å²) < 4.78 is 17.0. The van der Waals surface area contributed by atoms with E-state index in [4.69, 9.17) is 13.9 Å². The van der Waals surface area contributed by atoms with E-state index in [0.29, 0.717) is 44.7 Å². The molecule has 0 aliphatic carbocycles. The molecule has 1 saturated heterocycles. The molecule has 196 valence electrons. The van der Waals surface area contributed by atoms with Crippen molar-refractivity contribution < 1.29 is 38.9 Å². The van der Waals surface area contributed by atoms with Crippen LogP contribution in [0.15, 0.2) is 46.9 Å². The van der Waals surface area contributed by atoms with Crippen LogP contribution < -0.4 is 9.47 Å². The third-order valence-electron chi connectivity index (χ3n) is 6.67. The number of oxazole rings is 1. The summed E-state index contributed by atoms with van der Waals surface area (Å²) in [6.07, 6.45) is 0.105. The predicted octanol–water partition coefficient (Wildman–Crippen LogP) is 3.38. The Balaban J connectivity index is 1.82. The fourth-order valence-electron chi connectivity index (χ4n) is 4.47. The third kappa shape index (κ3) is 4.83. The molecular formula is C26H29N3O8. The highest BCUT2D eigenvalue weighted by Gasteiger charge is 2.49. The van der Waals surface area contributed by atoms with Crippen molar-refractivity contribution in [1.29, 1.82) is 0 Å². The number of aliphatic hydroxyl groups excluding tert-OH is 1. The zero-order chi connectivity index (χ0) is 26.7. The van der Waals surface area contributed by atoms with Crippen molar-refractivity contribution in [3.8, 4) is 34.1 Å². The van der Waals surface area contributed by atoms with Crippen LogP contribution in [0.2, 0.25) is 0 Å². The maximum Gasteiger partial charge on any atom is 0.343 e. The number of piperidine rings is 1. The molecule has 11 heteroatoms. The van der Waals surface area contributed by atoms with E-state index in [-0.39, 0.29) is 38.4 Å². The van der Waals surface area contributed by atoms with Gasteiger partial charge in [0.2, 0.25) is 5.89 Å². The first kappa shape index (κ1) is 26.0. The van der Waals surface area contributed by atoms with Crippen LogP contribution in [0, 0.1) is 0 Å². The number of aromatic nitrogens is 1. The molecule has 0 unspecified atom stereocenters. The summed E-state index contributed by atoms with van der Waals surface area (Å²) in [4.78, 5) is 30.9. The lowest BCUT2D eigenvalue weighted by atomic mass is 9.78. The lowest BCUT2D eigenvalue weighted by Gasteiger charge is -2.37. The second-order valence-electron chi connectivity index (χ2n) is 8.80. The summed E-state index contributed by atoms with van der Waals surface area (Å²) in [5.41, 5.74) is 0.952. The summed E-state index contributed by atoms with van der Waals surface area (Å²) in [7, 11) is 4.26. The van der Waals surface area contributed by atoms with Gasteiger partial charge in [-0.25, -0.2) is 14.8 Å². The normalized spacial score (nSPS) is 14.8. The van der Waals surface area contributed by atoms with E-state index >= 15 is 0 Å². The van der Waals surface area contributed by atoms with Crippen LogP contribution in [0.1, 0.15) is 24.3 Å². The number of nitrogens with zero attached hydrogens (tertiary/aromatic N) is 3. The van der Waals surface area contributed by atoms with Gasteiger partial charge in [0.15, 0.2) is 17.3 Å². The molecule has 2 heterocycles. The van der Waals surface area contributed by atoms with Crippen LogP contribution in [-0.4, -0.2) is 76.7 Å². The van der Waals surface area contributed by atoms with E-state index in [1.54, 1.807) is 42.5 Å². The molecule has 0 spiro atoms. The van der Waals surface area contributed by atoms with Gasteiger partial charge in [-0.2, -0.15) is 0 Å². The van der Waals surface area contributed by atoms with Crippen molar-refractivity contribution >= 4 is 12.0 Å². The van der Waals surface area contributed by atoms with Crippen molar-refractivity contribution in [1.82, 2.24) is 14.9 Å². The van der Waals surface area contributed by atoms with E-state index in [1.165, 1.54) is 26.2 Å². The largest absolute Gasteiger partial charge is 0.493 e. The molecule has 0 saturated carbocycles. The molecular weight excluding hydrogens is 482 g/mol. The SMILES string of the molecule is COc1ccc(-c2oc(C3(C(=O)O)CCN(C(=O)N(C)O)CC3)nc2-c2ccc(CO)cc2)cc1OC. The van der Waals surface area contributed by atoms with Crippen molar-refractivity contribution in [2.75, 3.05) is 34.4 Å². The topological polar surface area (TPSA) is 146 Å². The van der Waals surface area contributed by atoms with E-state index in [0.717, 1.165) is 0 Å². The molecule has 37 heavy (non-hydrogen) atoms. The minimum atomic E-state index is -1.47. The summed E-state index contributed by atoms with van der Waals surface area (Å²) >= 11 is 0. The average molecular weight is 512 g/mol. The Bertz CT molecular complexity index is 1280. The zero-order valence-corrected chi connectivity index (χ0v) is 20.8. The van der Waals surface area contributed by atoms with Crippen molar-refractivity contribution in [3.05, 3.63) is 53.9 Å². The first-order chi connectivity index (χ1) is 17.7. The lowest BCUT2D eigenvalue weighted by Crippen LogP contribution is -2.51. The number of carboxylic acid groups (broad SMARTS) is 1. The standard InChI is InChI=1S/C26H29N3O8/c1-28(34)25(33)29-12-10-26(11-13-29,24(31)32)23-27-21(17-6-4-16(15-30)5-7-17)22(37-23)18-8-9-19(35-2)20(14-18)36-3/h4-9,14,30,34H,10-13,15H2,1-3H3,(H,31,32). The molecule has 3 N–H and O–H groups in total. The van der Waals surface area contributed by atoms with E-state index in [1.807, 2.05) is 0 Å². The molecule has 2 aromatic carbocycles. The Hall–Kier alpha value is -4.09. The molecule has 4 rings (SSSR count). The van der Waals surface area contributed by atoms with Gasteiger partial charge >= 0.3 is 12.0 Å². The maximum absolute atomic E-state index is 12.6. The number of carbonyl (C=O) groups excluding carboxylic acids is 1. The summed E-state index contributed by atoms with van der Waals surface area (Å²) in [5.74, 6) is 0.247. The summed E-state index contributed by atoms with van der Waals surface area (Å²) in [5, 5.41) is 29.7. The van der Waals surface area contributed by atoms with Gasteiger partial charge in [-0.05, 0) is 36.6 Å². The van der Waals surface area contributed by atoms with Crippen LogP contribution in [-0.2, 0) is 16.8 Å². The smallest absolute Gasteiger partial charge is 0.343 e. The molecule has 1 aliphatic heterocycles. The number of benzene rings is 2. The zero-order valence-electron chi connectivity index (χ0n) is 20.8. The van der Waals surface area contributed by atoms with Crippen LogP contribution in [0.5, 0.6) is 11.5 Å². The first-order valence-electron chi connectivity index (χ1n) is 11.6. The second-order valence-corrected chi connectivity index (χ2v) is 8.80. The lowest BCUT2D eigenvalue weighted by molar-refractivity contribution is -0.147. The van der Waals surface area contributed by atoms with E-state index in [2.05, 4.69) is 4.98 Å². The molecule has 11 nitrogen and oxygen atoms in total. The summed E-state index contributed by atoms with van der Waals surface area (Å²) in [6.45, 7) is 0.0858. The fraction of sp³-hybridized carbons (Fsp3) is 0.346. The maximum atomic E-state index is 12.6. The molecule has 0 atom stereocenters. The van der Waals surface area contributed by atoms with E-state index < -0.39 is 17.4 Å². The van der Waals surface area contributed by atoms with Crippen LogP contribution in [0.4, 0.5) is 4.79 Å². The molecule has 3 aromatic rings. The Morgan fingerprint density at radius 3 is 2.22 bits per heavy atom. The quantitative estimate of drug-likeness (QED) is 0.321. The number of aliphatic carboxylic acids is 1. The van der Waals surface area contributed by atoms with Gasteiger partial charge in [-0.3, -0.25) is 10.0 Å². The van der Waals surface area contributed by atoms with Gasteiger partial charge in [0.25, 0.3) is 0 Å². The summed E-state index contributed by atoms with van der Waals surface area (Å²) in [6, 6.07) is 11.7. The molecule has 1 aromatic heterocycles. The highest BCUT2D eigenvalue weighted by molar-refractivity contribution is 5.83. The van der Waals surface area contributed by atoms with Gasteiger partial charge in [-0.15, -0.1) is 0 Å². The molecule has 0 bridgehead atoms. The van der Waals surface area contributed by atoms with Gasteiger partial charge in [0, 0.05) is 31.3 Å². The Kier molecular flexibility index (Phi) is 7.37. The number of hydrogen-bond acceptors (Lipinski definition) is 8. The molecule has 0 radical (unpaired) electrons. The highest BCUT2D eigenvalue weighted by Crippen LogP contribution is 2.43. The monoisotopic (exact) mass is 511 g/mol. The van der Waals surface area contributed by atoms with Gasteiger partial charge < -0.3 is 29.0 Å². The third-order valence-corrected chi connectivity index (χ3v) is 6.67. The number of hydroxylamine groups is 2. The number of amides is 2. The number of carbonyl (C=O) groups is 2. The molecule has 2 amide bonds. The minimum absolute atomic E-state index is 0.0236. The molecule has 1 fully saturated rings. The number of likely N-dealkylation sites (tertiary alicyclic amines) is 1. The Morgan fingerprint density at radius 1 is 1.05 bits per heavy atom. The average Bonchev–Trinajstić information content (AvgIpc) is 3.38. The van der Waals surface area contributed by atoms with Crippen molar-refractivity contribution in [2.24, 2.45) is 0 Å². The van der Waals surface area contributed by atoms with Crippen LogP contribution in [0.3, 0.4) is 0 Å². The first-order valence-corrected chi connectivity index (χ1v) is 11.6. The van der Waals surface area contributed by atoms with Crippen LogP contribution >= 0.6 is 0 Å². The van der Waals surface area contributed by atoms with Gasteiger partial charge in [0.1, 0.15) is 11.1 Å². The van der Waals surface area contributed by atoms with Crippen molar-refractivity contribution in [3.63, 3.8) is 0 Å². The second kappa shape index (κ2) is 10.5. The van der Waals surface area contributed by atoms with Crippen LogP contribution in [0.25, 0.3) is 22.6 Å². The Labute approximate surface area is 213 Å². The van der Waals surface area contributed by atoms with E-state index in [9.17, 15) is 25.0 Å². The molecule has 1 aliphatic rings. The number of hydrogen-bond donors (Lipinski definition) is 3. The number of methoxy groups -OCH3 is 2. The fourth-order valence-corrected chi connectivity index (χ4v) is 4.47. The number of urea groups is 1. The minimum Gasteiger partial charge on any atom is -0.493 e.